The van der Waals surface area contributed by atoms with Gasteiger partial charge in [-0.3, -0.25) is 25.6 Å². The maximum absolute atomic E-state index is 13.0. The van der Waals surface area contributed by atoms with Gasteiger partial charge in [0.25, 0.3) is 5.91 Å². The first kappa shape index (κ1) is 42.4. The summed E-state index contributed by atoms with van der Waals surface area (Å²) in [7, 11) is 0. The predicted octanol–water partition coefficient (Wildman–Crippen LogP) is 8.30. The van der Waals surface area contributed by atoms with E-state index in [4.69, 9.17) is 9.97 Å². The largest absolute Gasteiger partial charge is 0.416 e. The van der Waals surface area contributed by atoms with Crippen molar-refractivity contribution in [1.82, 2.24) is 59.6 Å². The Morgan fingerprint density at radius 3 is 2.34 bits per heavy atom. The highest BCUT2D eigenvalue weighted by Crippen LogP contribution is 2.38. The summed E-state index contributed by atoms with van der Waals surface area (Å²) < 4.78 is 80.9. The Balaban J connectivity index is 0.000000186. The number of para-hydroxylation sites is 1. The fourth-order valence-electron chi connectivity index (χ4n) is 6.12. The van der Waals surface area contributed by atoms with Gasteiger partial charge < -0.3 is 14.9 Å². The Labute approximate surface area is 348 Å². The highest BCUT2D eigenvalue weighted by molar-refractivity contribution is 5.90. The second-order valence-electron chi connectivity index (χ2n) is 14.0. The molecule has 318 valence electrons. The van der Waals surface area contributed by atoms with Crippen LogP contribution in [0.3, 0.4) is 0 Å². The van der Waals surface area contributed by atoms with E-state index in [0.29, 0.717) is 18.0 Å². The number of aryl methyl sites for hydroxylation is 1. The smallest absolute Gasteiger partial charge is 0.368 e. The topological polar surface area (TPSA) is 182 Å². The molecule has 6 aromatic heterocycles. The first-order valence-electron chi connectivity index (χ1n) is 18.8. The first-order chi connectivity index (χ1) is 29.6. The van der Waals surface area contributed by atoms with Crippen LogP contribution in [-0.4, -0.2) is 66.7 Å². The SMILES string of the molecule is Cc1cncc(-c2nc(NCCc3c[nH]c4ccccc34)c3ncn(C(C)C)c3n2)c1.O=C(C=Cn1cnc(-c2cc(C(F)(F)F)cc(C(F)(F)F)c2)n1)NNc1cnccn1. The zero-order chi connectivity index (χ0) is 44.0. The number of amides is 1. The molecule has 0 aliphatic heterocycles. The number of H-pyrrole nitrogens is 1. The normalized spacial score (nSPS) is 11.9. The minimum absolute atomic E-state index is 0.00878. The monoisotopic (exact) mass is 854 g/mol. The van der Waals surface area contributed by atoms with E-state index in [-0.39, 0.29) is 23.8 Å². The number of imidazole rings is 1. The summed E-state index contributed by atoms with van der Waals surface area (Å²) in [6.45, 7) is 7.02. The molecule has 0 atom stereocenters. The van der Waals surface area contributed by atoms with Crippen LogP contribution in [0.4, 0.5) is 38.0 Å². The molecule has 8 aromatic rings. The van der Waals surface area contributed by atoms with Gasteiger partial charge in [0.2, 0.25) is 0 Å². The van der Waals surface area contributed by atoms with Gasteiger partial charge in [0.05, 0.1) is 23.7 Å². The molecule has 1 amide bonds. The molecule has 0 unspecified atom stereocenters. The summed E-state index contributed by atoms with van der Waals surface area (Å²) in [4.78, 5) is 45.0. The number of benzene rings is 2. The van der Waals surface area contributed by atoms with Gasteiger partial charge in [0, 0.05) is 77.9 Å². The van der Waals surface area contributed by atoms with E-state index in [1.54, 1.807) is 6.20 Å². The van der Waals surface area contributed by atoms with E-state index >= 15 is 0 Å². The second-order valence-corrected chi connectivity index (χ2v) is 14.0. The zero-order valence-electron chi connectivity index (χ0n) is 33.0. The van der Waals surface area contributed by atoms with E-state index in [1.807, 2.05) is 25.5 Å². The lowest BCUT2D eigenvalue weighted by Crippen LogP contribution is -2.28. The van der Waals surface area contributed by atoms with Crippen molar-refractivity contribution in [1.29, 1.82) is 0 Å². The van der Waals surface area contributed by atoms with Gasteiger partial charge in [-0.25, -0.2) is 29.6 Å². The highest BCUT2D eigenvalue weighted by Gasteiger charge is 2.37. The Morgan fingerprint density at radius 1 is 0.855 bits per heavy atom. The summed E-state index contributed by atoms with van der Waals surface area (Å²) in [5, 5.41) is 8.54. The van der Waals surface area contributed by atoms with Gasteiger partial charge >= 0.3 is 12.4 Å². The van der Waals surface area contributed by atoms with Crippen LogP contribution in [0.1, 0.15) is 42.1 Å². The molecule has 15 nitrogen and oxygen atoms in total. The maximum atomic E-state index is 13.0. The number of nitrogens with one attached hydrogen (secondary N) is 4. The molecule has 4 N–H and O–H groups in total. The zero-order valence-corrected chi connectivity index (χ0v) is 33.0. The molecule has 0 aliphatic rings. The molecule has 0 radical (unpaired) electrons. The third-order valence-electron chi connectivity index (χ3n) is 9.08. The van der Waals surface area contributed by atoms with Crippen LogP contribution >= 0.6 is 0 Å². The molecule has 8 rings (SSSR count). The van der Waals surface area contributed by atoms with Crippen molar-refractivity contribution in [2.75, 3.05) is 17.3 Å². The third-order valence-corrected chi connectivity index (χ3v) is 9.08. The number of anilines is 2. The fourth-order valence-corrected chi connectivity index (χ4v) is 6.12. The third kappa shape index (κ3) is 10.2. The Morgan fingerprint density at radius 2 is 1.63 bits per heavy atom. The number of aromatic amines is 1. The van der Waals surface area contributed by atoms with Crippen molar-refractivity contribution in [2.24, 2.45) is 0 Å². The number of fused-ring (bicyclic) bond motifs is 2. The van der Waals surface area contributed by atoms with Gasteiger partial charge in [-0.05, 0) is 68.7 Å². The van der Waals surface area contributed by atoms with E-state index in [9.17, 15) is 31.1 Å². The van der Waals surface area contributed by atoms with Crippen LogP contribution < -0.4 is 16.2 Å². The molecule has 0 saturated heterocycles. The molecule has 0 saturated carbocycles. The van der Waals surface area contributed by atoms with Gasteiger partial charge in [0.1, 0.15) is 11.8 Å². The van der Waals surface area contributed by atoms with Crippen LogP contribution in [0.15, 0.2) is 104 Å². The number of rotatable bonds is 11. The molecule has 0 fully saturated rings. The van der Waals surface area contributed by atoms with Gasteiger partial charge in [-0.1, -0.05) is 18.2 Å². The average molecular weight is 855 g/mol. The Kier molecular flexibility index (Phi) is 12.2. The number of carbonyl (C=O) groups is 1. The second kappa shape index (κ2) is 17.9. The van der Waals surface area contributed by atoms with Gasteiger partial charge in [-0.15, -0.1) is 5.10 Å². The Bertz CT molecular complexity index is 2820. The molecule has 0 spiro atoms. The molecule has 0 aliphatic carbocycles. The number of hydrogen-bond donors (Lipinski definition) is 4. The summed E-state index contributed by atoms with van der Waals surface area (Å²) in [5.74, 6) is 0.624. The van der Waals surface area contributed by atoms with Crippen LogP contribution in [0.5, 0.6) is 0 Å². The molecule has 62 heavy (non-hydrogen) atoms. The van der Waals surface area contributed by atoms with Crippen LogP contribution in [0.2, 0.25) is 0 Å². The number of hydrazine groups is 1. The predicted molar refractivity (Wildman–Crippen MR) is 219 cm³/mol. The summed E-state index contributed by atoms with van der Waals surface area (Å²) >= 11 is 0. The van der Waals surface area contributed by atoms with Crippen LogP contribution in [0, 0.1) is 6.92 Å². The first-order valence-corrected chi connectivity index (χ1v) is 18.8. The minimum atomic E-state index is -4.99. The molecule has 6 heterocycles. The summed E-state index contributed by atoms with van der Waals surface area (Å²) in [6.07, 6.45) is 5.73. The quantitative estimate of drug-likeness (QED) is 0.0558. The Hall–Kier alpha value is -7.71. The molecule has 2 aromatic carbocycles. The molecule has 0 bridgehead atoms. The standard InChI is InChI=1S/C24H25N7.C17H11F6N7O/c1-15(2)31-14-28-21-23(26-9-8-17-13-27-20-7-5-4-6-19(17)20)29-22(30-24(21)31)18-10-16(3)11-25-12-18;18-16(19,20)11-5-10(6-12(7-11)17(21,22)23)15-26-9-30(29-15)4-1-14(31)28-27-13-8-24-2-3-25-13/h4-7,10-15,27H,8-9H2,1-3H3,(H,26,29,30);1-9H,(H,25,27)(H,28,31). The van der Waals surface area contributed by atoms with E-state index in [1.165, 1.54) is 29.5 Å². The van der Waals surface area contributed by atoms with Gasteiger partial charge in [0.15, 0.2) is 28.9 Å². The number of hydrogen-bond acceptors (Lipinski definition) is 11. The minimum Gasteiger partial charge on any atom is -0.368 e. The number of alkyl halides is 6. The van der Waals surface area contributed by atoms with Crippen molar-refractivity contribution in [3.05, 3.63) is 127 Å². The van der Waals surface area contributed by atoms with Gasteiger partial charge in [-0.2, -0.15) is 26.3 Å². The number of aromatic nitrogens is 11. The number of nitrogens with zero attached hydrogens (tertiary/aromatic N) is 10. The van der Waals surface area contributed by atoms with Crippen molar-refractivity contribution >= 4 is 45.8 Å². The maximum Gasteiger partial charge on any atom is 0.416 e. The average Bonchev–Trinajstić information content (AvgIpc) is 4.01. The van der Waals surface area contributed by atoms with Crippen molar-refractivity contribution < 1.29 is 31.1 Å². The lowest BCUT2D eigenvalue weighted by Gasteiger charge is -2.13. The van der Waals surface area contributed by atoms with Crippen LogP contribution in [-0.2, 0) is 23.6 Å². The molecule has 21 heteroatoms. The van der Waals surface area contributed by atoms with Crippen molar-refractivity contribution in [3.63, 3.8) is 0 Å². The summed E-state index contributed by atoms with van der Waals surface area (Å²) in [5.41, 5.74) is 7.31. The lowest BCUT2D eigenvalue weighted by atomic mass is 10.0. The van der Waals surface area contributed by atoms with Crippen molar-refractivity contribution in [3.8, 4) is 22.8 Å². The van der Waals surface area contributed by atoms with E-state index in [2.05, 4.69) is 100 Å². The number of halogens is 6. The van der Waals surface area contributed by atoms with E-state index in [0.717, 1.165) is 69.9 Å². The van der Waals surface area contributed by atoms with E-state index < -0.39 is 35.0 Å². The summed E-state index contributed by atoms with van der Waals surface area (Å²) in [6, 6.07) is 11.7. The van der Waals surface area contributed by atoms with Crippen molar-refractivity contribution in [2.45, 2.75) is 45.6 Å². The fraction of sp³-hybridized carbons (Fsp3) is 0.195. The highest BCUT2D eigenvalue weighted by atomic mass is 19.4. The molecular weight excluding hydrogens is 819 g/mol. The number of pyridine rings is 1. The van der Waals surface area contributed by atoms with Crippen LogP contribution in [0.25, 0.3) is 51.0 Å². The number of carbonyl (C=O) groups excluding carboxylic acids is 1. The lowest BCUT2D eigenvalue weighted by molar-refractivity contribution is -0.143. The molecular formula is C41H36F6N14O.